The van der Waals surface area contributed by atoms with Crippen LogP contribution in [0.15, 0.2) is 24.3 Å². The molecule has 1 aromatic rings. The summed E-state index contributed by atoms with van der Waals surface area (Å²) in [5.74, 6) is 0.863. The molecule has 1 heterocycles. The quantitative estimate of drug-likeness (QED) is 0.823. The van der Waals surface area contributed by atoms with Gasteiger partial charge in [-0.05, 0) is 38.3 Å². The zero-order valence-electron chi connectivity index (χ0n) is 14.9. The fourth-order valence-electron chi connectivity index (χ4n) is 3.14. The van der Waals surface area contributed by atoms with Crippen LogP contribution < -0.4 is 20.7 Å². The van der Waals surface area contributed by atoms with Crippen molar-refractivity contribution >= 4 is 24.0 Å². The van der Waals surface area contributed by atoms with Crippen LogP contribution in [-0.4, -0.2) is 37.7 Å². The summed E-state index contributed by atoms with van der Waals surface area (Å²) in [6.45, 7) is 5.67. The summed E-state index contributed by atoms with van der Waals surface area (Å²) in [6.07, 6.45) is 3.46. The van der Waals surface area contributed by atoms with Gasteiger partial charge in [0.1, 0.15) is 5.75 Å². The van der Waals surface area contributed by atoms with Gasteiger partial charge in [0, 0.05) is 19.1 Å². The third kappa shape index (κ3) is 5.02. The minimum absolute atomic E-state index is 0. The SMILES string of the molecule is CCCC(C)(N)C(=O)NC1CCN(c2ccccc2OC)CC1.Cl. The van der Waals surface area contributed by atoms with Gasteiger partial charge in [-0.1, -0.05) is 25.5 Å². The van der Waals surface area contributed by atoms with E-state index in [-0.39, 0.29) is 24.4 Å². The van der Waals surface area contributed by atoms with Crippen molar-refractivity contribution < 1.29 is 9.53 Å². The Hall–Kier alpha value is -1.46. The Morgan fingerprint density at radius 2 is 2.00 bits per heavy atom. The second-order valence-electron chi connectivity index (χ2n) is 6.57. The molecule has 1 unspecified atom stereocenters. The highest BCUT2D eigenvalue weighted by Crippen LogP contribution is 2.29. The largest absolute Gasteiger partial charge is 0.495 e. The molecular weight excluding hydrogens is 326 g/mol. The molecular formula is C18H30ClN3O2. The number of hydrogen-bond acceptors (Lipinski definition) is 4. The number of nitrogens with one attached hydrogen (secondary N) is 1. The molecule has 1 amide bonds. The lowest BCUT2D eigenvalue weighted by Crippen LogP contribution is -2.55. The molecule has 1 fully saturated rings. The number of nitrogens with zero attached hydrogens (tertiary/aromatic N) is 1. The predicted octanol–water partition coefficient (Wildman–Crippen LogP) is 2.72. The van der Waals surface area contributed by atoms with Crippen molar-refractivity contribution in [3.8, 4) is 5.75 Å². The fourth-order valence-corrected chi connectivity index (χ4v) is 3.14. The number of carbonyl (C=O) groups is 1. The molecule has 1 aliphatic heterocycles. The van der Waals surface area contributed by atoms with Gasteiger partial charge in [-0.3, -0.25) is 4.79 Å². The van der Waals surface area contributed by atoms with Crippen molar-refractivity contribution in [3.63, 3.8) is 0 Å². The zero-order valence-corrected chi connectivity index (χ0v) is 15.7. The number of halogens is 1. The van der Waals surface area contributed by atoms with E-state index in [1.165, 1.54) is 0 Å². The minimum atomic E-state index is -0.769. The second kappa shape index (κ2) is 9.14. The molecule has 0 radical (unpaired) electrons. The molecule has 0 aromatic heterocycles. The second-order valence-corrected chi connectivity index (χ2v) is 6.57. The van der Waals surface area contributed by atoms with Crippen LogP contribution in [-0.2, 0) is 4.79 Å². The lowest BCUT2D eigenvalue weighted by atomic mass is 9.95. The van der Waals surface area contributed by atoms with Gasteiger partial charge >= 0.3 is 0 Å². The monoisotopic (exact) mass is 355 g/mol. The minimum Gasteiger partial charge on any atom is -0.495 e. The maximum atomic E-state index is 12.3. The number of carbonyl (C=O) groups excluding carboxylic acids is 1. The smallest absolute Gasteiger partial charge is 0.240 e. The summed E-state index contributed by atoms with van der Waals surface area (Å²) < 4.78 is 5.43. The van der Waals surface area contributed by atoms with Crippen molar-refractivity contribution in [2.75, 3.05) is 25.1 Å². The Kier molecular flexibility index (Phi) is 7.84. The summed E-state index contributed by atoms with van der Waals surface area (Å²) in [5, 5.41) is 3.12. The van der Waals surface area contributed by atoms with Gasteiger partial charge in [-0.15, -0.1) is 12.4 Å². The molecule has 1 atom stereocenters. The lowest BCUT2D eigenvalue weighted by Gasteiger charge is -2.36. The van der Waals surface area contributed by atoms with Gasteiger partial charge in [0.2, 0.25) is 5.91 Å². The number of benzene rings is 1. The molecule has 1 aromatic carbocycles. The van der Waals surface area contributed by atoms with E-state index in [0.717, 1.165) is 43.8 Å². The molecule has 24 heavy (non-hydrogen) atoms. The van der Waals surface area contributed by atoms with Crippen molar-refractivity contribution in [1.29, 1.82) is 0 Å². The van der Waals surface area contributed by atoms with Crippen LogP contribution >= 0.6 is 12.4 Å². The van der Waals surface area contributed by atoms with Gasteiger partial charge in [-0.2, -0.15) is 0 Å². The summed E-state index contributed by atoms with van der Waals surface area (Å²) in [7, 11) is 1.70. The predicted molar refractivity (Wildman–Crippen MR) is 101 cm³/mol. The average molecular weight is 356 g/mol. The van der Waals surface area contributed by atoms with E-state index < -0.39 is 5.54 Å². The highest BCUT2D eigenvalue weighted by Gasteiger charge is 2.30. The van der Waals surface area contributed by atoms with Gasteiger partial charge in [0.15, 0.2) is 0 Å². The van der Waals surface area contributed by atoms with Gasteiger partial charge < -0.3 is 20.7 Å². The molecule has 0 bridgehead atoms. The first-order chi connectivity index (χ1) is 11.0. The van der Waals surface area contributed by atoms with Crippen molar-refractivity contribution in [1.82, 2.24) is 5.32 Å². The van der Waals surface area contributed by atoms with E-state index in [1.54, 1.807) is 7.11 Å². The number of amides is 1. The number of hydrogen-bond donors (Lipinski definition) is 2. The van der Waals surface area contributed by atoms with Crippen LogP contribution in [0.5, 0.6) is 5.75 Å². The first-order valence-corrected chi connectivity index (χ1v) is 8.45. The standard InChI is InChI=1S/C18H29N3O2.ClH/c1-4-11-18(2,19)17(22)20-14-9-12-21(13-10-14)15-7-5-6-8-16(15)23-3;/h5-8,14H,4,9-13,19H2,1-3H3,(H,20,22);1H. The van der Waals surface area contributed by atoms with E-state index >= 15 is 0 Å². The number of anilines is 1. The lowest BCUT2D eigenvalue weighted by molar-refractivity contribution is -0.126. The third-order valence-corrected chi connectivity index (χ3v) is 4.54. The Labute approximate surface area is 151 Å². The number of rotatable bonds is 6. The summed E-state index contributed by atoms with van der Waals surface area (Å²) in [6, 6.07) is 8.26. The molecule has 2 rings (SSSR count). The molecule has 0 saturated carbocycles. The number of para-hydroxylation sites is 2. The number of nitrogens with two attached hydrogens (primary N) is 1. The maximum Gasteiger partial charge on any atom is 0.240 e. The molecule has 0 spiro atoms. The maximum absolute atomic E-state index is 12.3. The van der Waals surface area contributed by atoms with Crippen LogP contribution in [0.25, 0.3) is 0 Å². The molecule has 136 valence electrons. The number of piperidine rings is 1. The first kappa shape index (κ1) is 20.6. The van der Waals surface area contributed by atoms with Crippen LogP contribution in [0.4, 0.5) is 5.69 Å². The Bertz CT molecular complexity index is 529. The van der Waals surface area contributed by atoms with Crippen LogP contribution in [0.3, 0.4) is 0 Å². The zero-order chi connectivity index (χ0) is 16.9. The number of methoxy groups -OCH3 is 1. The van der Waals surface area contributed by atoms with E-state index in [9.17, 15) is 4.79 Å². The molecule has 0 aliphatic carbocycles. The average Bonchev–Trinajstić information content (AvgIpc) is 2.55. The van der Waals surface area contributed by atoms with Gasteiger partial charge in [-0.25, -0.2) is 0 Å². The Morgan fingerprint density at radius 1 is 1.38 bits per heavy atom. The molecule has 1 aliphatic rings. The van der Waals surface area contributed by atoms with E-state index in [0.29, 0.717) is 6.42 Å². The molecule has 3 N–H and O–H groups in total. The summed E-state index contributed by atoms with van der Waals surface area (Å²) >= 11 is 0. The third-order valence-electron chi connectivity index (χ3n) is 4.54. The van der Waals surface area contributed by atoms with E-state index in [1.807, 2.05) is 32.0 Å². The molecule has 6 heteroatoms. The normalized spacial score (nSPS) is 17.6. The van der Waals surface area contributed by atoms with Crippen LogP contribution in [0, 0.1) is 0 Å². The van der Waals surface area contributed by atoms with Crippen molar-refractivity contribution in [2.24, 2.45) is 5.73 Å². The Morgan fingerprint density at radius 3 is 2.58 bits per heavy atom. The fraction of sp³-hybridized carbons (Fsp3) is 0.611. The van der Waals surface area contributed by atoms with Crippen LogP contribution in [0.2, 0.25) is 0 Å². The Balaban J connectivity index is 0.00000288. The summed E-state index contributed by atoms with van der Waals surface area (Å²) in [4.78, 5) is 14.6. The highest BCUT2D eigenvalue weighted by molar-refractivity contribution is 5.86. The van der Waals surface area contributed by atoms with E-state index in [4.69, 9.17) is 10.5 Å². The first-order valence-electron chi connectivity index (χ1n) is 8.45. The van der Waals surface area contributed by atoms with Crippen molar-refractivity contribution in [2.45, 2.75) is 51.1 Å². The van der Waals surface area contributed by atoms with Crippen molar-refractivity contribution in [3.05, 3.63) is 24.3 Å². The van der Waals surface area contributed by atoms with Gasteiger partial charge in [0.25, 0.3) is 0 Å². The number of ether oxygens (including phenoxy) is 1. The van der Waals surface area contributed by atoms with Crippen LogP contribution in [0.1, 0.15) is 39.5 Å². The van der Waals surface area contributed by atoms with Gasteiger partial charge in [0.05, 0.1) is 18.3 Å². The van der Waals surface area contributed by atoms with E-state index in [2.05, 4.69) is 16.3 Å². The topological polar surface area (TPSA) is 67.6 Å². The summed E-state index contributed by atoms with van der Waals surface area (Å²) in [5.41, 5.74) is 6.46. The highest BCUT2D eigenvalue weighted by atomic mass is 35.5. The molecule has 1 saturated heterocycles. The molecule has 5 nitrogen and oxygen atoms in total.